The molecule has 0 spiro atoms. The van der Waals surface area contributed by atoms with Crippen LogP contribution in [-0.4, -0.2) is 51.2 Å². The van der Waals surface area contributed by atoms with E-state index in [9.17, 15) is 22.0 Å². The van der Waals surface area contributed by atoms with Gasteiger partial charge in [0.2, 0.25) is 6.43 Å². The molecule has 1 fully saturated rings. The van der Waals surface area contributed by atoms with Gasteiger partial charge in [-0.3, -0.25) is 0 Å². The van der Waals surface area contributed by atoms with Gasteiger partial charge in [0.1, 0.15) is 0 Å². The third kappa shape index (κ3) is 5.85. The van der Waals surface area contributed by atoms with Gasteiger partial charge in [-0.05, 0) is 19.8 Å². The topological polar surface area (TPSA) is 66.5 Å². The summed E-state index contributed by atoms with van der Waals surface area (Å²) in [6.45, 7) is 2.23. The summed E-state index contributed by atoms with van der Waals surface area (Å²) in [7, 11) is -3.23. The molecule has 1 atom stereocenters. The molecule has 1 saturated heterocycles. The van der Waals surface area contributed by atoms with E-state index >= 15 is 0 Å². The summed E-state index contributed by atoms with van der Waals surface area (Å²) in [6, 6.07) is -0.798. The van der Waals surface area contributed by atoms with E-state index in [-0.39, 0.29) is 6.03 Å². The van der Waals surface area contributed by atoms with Crippen LogP contribution in [0.15, 0.2) is 11.5 Å². The van der Waals surface area contributed by atoms with Gasteiger partial charge in [0.25, 0.3) is 0 Å². The molecule has 8 heteroatoms. The average Bonchev–Trinajstić information content (AvgIpc) is 2.35. The maximum Gasteiger partial charge on any atom is 0.317 e. The van der Waals surface area contributed by atoms with Gasteiger partial charge < -0.3 is 10.2 Å². The number of alkyl halides is 2. The van der Waals surface area contributed by atoms with Crippen LogP contribution in [-0.2, 0) is 9.84 Å². The summed E-state index contributed by atoms with van der Waals surface area (Å²) in [5.41, 5.74) is 0. The number of halogens is 2. The Labute approximate surface area is 117 Å². The van der Waals surface area contributed by atoms with Gasteiger partial charge in [-0.2, -0.15) is 0 Å². The van der Waals surface area contributed by atoms with Crippen molar-refractivity contribution in [2.24, 2.45) is 5.92 Å². The molecule has 5 nitrogen and oxygen atoms in total. The summed E-state index contributed by atoms with van der Waals surface area (Å²) in [5.74, 6) is -0.637. The second-order valence-corrected chi connectivity index (χ2v) is 6.99. The predicted octanol–water partition coefficient (Wildman–Crippen LogP) is 1.62. The first-order valence-electron chi connectivity index (χ1n) is 6.41. The minimum absolute atomic E-state index is 0.290. The Morgan fingerprint density at radius 1 is 1.35 bits per heavy atom. The number of hydrogen-bond acceptors (Lipinski definition) is 3. The molecule has 0 aliphatic carbocycles. The van der Waals surface area contributed by atoms with Gasteiger partial charge in [0.05, 0.1) is 0 Å². The standard InChI is InChI=1S/C12H20F2N2O3S/c1-9(5-8-20(2,18)19)15-12(17)16-6-3-10(4-7-16)11(13)14/h5,8-11H,3-4,6-7H2,1-2H3,(H,15,17)/b8-5+/t9-/m0/s1. The van der Waals surface area contributed by atoms with Gasteiger partial charge in [-0.15, -0.1) is 0 Å². The fraction of sp³-hybridized carbons (Fsp3) is 0.750. The molecule has 1 aliphatic rings. The van der Waals surface area contributed by atoms with Crippen molar-refractivity contribution in [3.8, 4) is 0 Å². The predicted molar refractivity (Wildman–Crippen MR) is 72.3 cm³/mol. The minimum atomic E-state index is -3.23. The van der Waals surface area contributed by atoms with Crippen LogP contribution < -0.4 is 5.32 Å². The lowest BCUT2D eigenvalue weighted by Crippen LogP contribution is -2.47. The molecular weight excluding hydrogens is 290 g/mol. The lowest BCUT2D eigenvalue weighted by Gasteiger charge is -2.32. The molecule has 1 N–H and O–H groups in total. The van der Waals surface area contributed by atoms with Crippen molar-refractivity contribution in [1.82, 2.24) is 10.2 Å². The highest BCUT2D eigenvalue weighted by molar-refractivity contribution is 7.93. The maximum absolute atomic E-state index is 12.5. The van der Waals surface area contributed by atoms with E-state index in [2.05, 4.69) is 5.32 Å². The lowest BCUT2D eigenvalue weighted by atomic mass is 9.98. The molecule has 1 heterocycles. The largest absolute Gasteiger partial charge is 0.332 e. The number of likely N-dealkylation sites (tertiary alicyclic amines) is 1. The zero-order valence-corrected chi connectivity index (χ0v) is 12.4. The van der Waals surface area contributed by atoms with Crippen molar-refractivity contribution < 1.29 is 22.0 Å². The first-order valence-corrected chi connectivity index (χ1v) is 8.36. The molecule has 2 amide bonds. The molecule has 0 aromatic heterocycles. The fourth-order valence-corrected chi connectivity index (χ4v) is 2.47. The number of amides is 2. The van der Waals surface area contributed by atoms with Crippen LogP contribution in [0.2, 0.25) is 0 Å². The minimum Gasteiger partial charge on any atom is -0.332 e. The number of carbonyl (C=O) groups is 1. The van der Waals surface area contributed by atoms with Crippen LogP contribution in [0.1, 0.15) is 19.8 Å². The van der Waals surface area contributed by atoms with Crippen LogP contribution in [0.3, 0.4) is 0 Å². The molecule has 0 radical (unpaired) electrons. The monoisotopic (exact) mass is 310 g/mol. The highest BCUT2D eigenvalue weighted by atomic mass is 32.2. The molecule has 0 saturated carbocycles. The Bertz CT molecular complexity index is 457. The van der Waals surface area contributed by atoms with Gasteiger partial charge in [0, 0.05) is 36.7 Å². The number of nitrogens with zero attached hydrogens (tertiary/aromatic N) is 1. The Kier molecular flexibility index (Phi) is 5.91. The molecular formula is C12H20F2N2O3S. The van der Waals surface area contributed by atoms with E-state index in [4.69, 9.17) is 0 Å². The number of hydrogen-bond donors (Lipinski definition) is 1. The van der Waals surface area contributed by atoms with Crippen LogP contribution in [0.25, 0.3) is 0 Å². The van der Waals surface area contributed by atoms with E-state index < -0.39 is 28.2 Å². The van der Waals surface area contributed by atoms with Gasteiger partial charge in [0.15, 0.2) is 9.84 Å². The first kappa shape index (κ1) is 16.9. The summed E-state index contributed by atoms with van der Waals surface area (Å²) >= 11 is 0. The summed E-state index contributed by atoms with van der Waals surface area (Å²) in [5, 5.41) is 3.64. The zero-order valence-electron chi connectivity index (χ0n) is 11.6. The smallest absolute Gasteiger partial charge is 0.317 e. The Hall–Kier alpha value is -1.18. The SMILES string of the molecule is C[C@@H](/C=C/S(C)(=O)=O)NC(=O)N1CCC(C(F)F)CC1. The molecule has 0 aromatic rings. The number of piperidine rings is 1. The van der Waals surface area contributed by atoms with Crippen molar-refractivity contribution in [1.29, 1.82) is 0 Å². The summed E-state index contributed by atoms with van der Waals surface area (Å²) < 4.78 is 46.9. The van der Waals surface area contributed by atoms with Crippen LogP contribution in [0.4, 0.5) is 13.6 Å². The third-order valence-electron chi connectivity index (χ3n) is 3.15. The highest BCUT2D eigenvalue weighted by Crippen LogP contribution is 2.23. The van der Waals surface area contributed by atoms with Crippen LogP contribution in [0.5, 0.6) is 0 Å². The second-order valence-electron chi connectivity index (χ2n) is 5.06. The number of carbonyl (C=O) groups excluding carboxylic acids is 1. The van der Waals surface area contributed by atoms with Crippen molar-refractivity contribution in [3.63, 3.8) is 0 Å². The highest BCUT2D eigenvalue weighted by Gasteiger charge is 2.28. The van der Waals surface area contributed by atoms with E-state index in [0.717, 1.165) is 11.7 Å². The number of nitrogens with one attached hydrogen (secondary N) is 1. The van der Waals surface area contributed by atoms with E-state index in [1.54, 1.807) is 6.92 Å². The van der Waals surface area contributed by atoms with Crippen LogP contribution in [0, 0.1) is 5.92 Å². The zero-order chi connectivity index (χ0) is 15.3. The van der Waals surface area contributed by atoms with E-state index in [1.807, 2.05) is 0 Å². The molecule has 116 valence electrons. The van der Waals surface area contributed by atoms with E-state index in [1.165, 1.54) is 11.0 Å². The average molecular weight is 310 g/mol. The molecule has 0 unspecified atom stereocenters. The van der Waals surface area contributed by atoms with Gasteiger partial charge >= 0.3 is 6.03 Å². The summed E-state index contributed by atoms with van der Waals surface area (Å²) in [4.78, 5) is 13.3. The quantitative estimate of drug-likeness (QED) is 0.858. The molecule has 20 heavy (non-hydrogen) atoms. The molecule has 0 bridgehead atoms. The Morgan fingerprint density at radius 2 is 1.90 bits per heavy atom. The molecule has 1 aliphatic heterocycles. The van der Waals surface area contributed by atoms with Crippen LogP contribution >= 0.6 is 0 Å². The fourth-order valence-electron chi connectivity index (χ4n) is 1.95. The molecule has 1 rings (SSSR count). The first-order chi connectivity index (χ1) is 9.19. The van der Waals surface area contributed by atoms with Crippen molar-refractivity contribution in [2.75, 3.05) is 19.3 Å². The second kappa shape index (κ2) is 7.01. The third-order valence-corrected chi connectivity index (χ3v) is 3.80. The normalized spacial score (nSPS) is 19.6. The van der Waals surface area contributed by atoms with E-state index in [0.29, 0.717) is 25.9 Å². The number of sulfone groups is 1. The Morgan fingerprint density at radius 3 is 2.35 bits per heavy atom. The number of rotatable bonds is 4. The maximum atomic E-state index is 12.5. The summed E-state index contributed by atoms with van der Waals surface area (Å²) in [6.07, 6.45) is 0.681. The van der Waals surface area contributed by atoms with Crippen molar-refractivity contribution in [2.45, 2.75) is 32.2 Å². The number of urea groups is 1. The van der Waals surface area contributed by atoms with Gasteiger partial charge in [-0.1, -0.05) is 6.08 Å². The van der Waals surface area contributed by atoms with Crippen molar-refractivity contribution in [3.05, 3.63) is 11.5 Å². The lowest BCUT2D eigenvalue weighted by molar-refractivity contribution is 0.0419. The van der Waals surface area contributed by atoms with Gasteiger partial charge in [-0.25, -0.2) is 22.0 Å². The molecule has 0 aromatic carbocycles. The Balaban J connectivity index is 2.42. The van der Waals surface area contributed by atoms with Crippen molar-refractivity contribution >= 4 is 15.9 Å².